The number of likely N-dealkylation sites (tertiary alicyclic amines) is 1. The van der Waals surface area contributed by atoms with Crippen LogP contribution in [0.4, 0.5) is 5.69 Å². The lowest BCUT2D eigenvalue weighted by molar-refractivity contribution is 0.0630. The van der Waals surface area contributed by atoms with Crippen LogP contribution in [0, 0.1) is 0 Å². The second-order valence-corrected chi connectivity index (χ2v) is 6.18. The number of carbonyl (C=O) groups is 1. The molecule has 110 valence electrons. The third kappa shape index (κ3) is 2.40. The average molecular weight is 277 g/mol. The second kappa shape index (κ2) is 5.09. The van der Waals surface area contributed by atoms with Gasteiger partial charge >= 0.3 is 0 Å². The Labute approximate surface area is 119 Å². The summed E-state index contributed by atoms with van der Waals surface area (Å²) in [5.74, 6) is 0.456. The summed E-state index contributed by atoms with van der Waals surface area (Å²) in [5, 5.41) is 7.12. The van der Waals surface area contributed by atoms with E-state index >= 15 is 0 Å². The minimum atomic E-state index is -0.0304. The molecule has 3 N–H and O–H groups in total. The van der Waals surface area contributed by atoms with Crippen molar-refractivity contribution in [2.45, 2.75) is 37.6 Å². The maximum Gasteiger partial charge on any atom is 0.276 e. The molecule has 1 saturated carbocycles. The van der Waals surface area contributed by atoms with Crippen molar-refractivity contribution in [3.63, 3.8) is 0 Å². The Bertz CT molecular complexity index is 506. The molecule has 1 aliphatic carbocycles. The molecule has 1 amide bonds. The molecule has 6 nitrogen and oxygen atoms in total. The first-order valence-corrected chi connectivity index (χ1v) is 7.37. The van der Waals surface area contributed by atoms with Gasteiger partial charge in [-0.15, -0.1) is 0 Å². The van der Waals surface area contributed by atoms with Crippen molar-refractivity contribution < 1.29 is 4.79 Å². The third-order valence-electron chi connectivity index (χ3n) is 4.44. The number of hydrogen-bond acceptors (Lipinski definition) is 4. The topological polar surface area (TPSA) is 78.2 Å². The van der Waals surface area contributed by atoms with Crippen LogP contribution in [0.25, 0.3) is 0 Å². The highest BCUT2D eigenvalue weighted by atomic mass is 16.2. The first-order chi connectivity index (χ1) is 9.58. The zero-order chi connectivity index (χ0) is 14.3. The molecule has 2 heterocycles. The van der Waals surface area contributed by atoms with Crippen molar-refractivity contribution in [1.82, 2.24) is 20.0 Å². The number of likely N-dealkylation sites (N-methyl/N-ethyl adjacent to an activating group) is 1. The lowest BCUT2D eigenvalue weighted by atomic mass is 10.0. The molecule has 1 aliphatic heterocycles. The fraction of sp³-hybridized carbons (Fsp3) is 0.714. The van der Waals surface area contributed by atoms with Crippen molar-refractivity contribution in [2.24, 2.45) is 0 Å². The van der Waals surface area contributed by atoms with Crippen LogP contribution < -0.4 is 5.73 Å². The number of rotatable bonds is 3. The quantitative estimate of drug-likeness (QED) is 0.865. The molecule has 0 aromatic carbocycles. The highest BCUT2D eigenvalue weighted by Crippen LogP contribution is 2.42. The van der Waals surface area contributed by atoms with Gasteiger partial charge in [-0.25, -0.2) is 0 Å². The summed E-state index contributed by atoms with van der Waals surface area (Å²) in [6.45, 7) is 1.56. The molecule has 6 heteroatoms. The molecule has 0 radical (unpaired) electrons. The van der Waals surface area contributed by atoms with Crippen molar-refractivity contribution in [1.29, 1.82) is 0 Å². The molecule has 20 heavy (non-hydrogen) atoms. The Hall–Kier alpha value is -1.56. The molecule has 2 aliphatic rings. The monoisotopic (exact) mass is 277 g/mol. The fourth-order valence-corrected chi connectivity index (χ4v) is 2.92. The third-order valence-corrected chi connectivity index (χ3v) is 4.44. The highest BCUT2D eigenvalue weighted by molar-refractivity contribution is 5.97. The first kappa shape index (κ1) is 13.4. The van der Waals surface area contributed by atoms with Crippen molar-refractivity contribution in [3.05, 3.63) is 11.4 Å². The number of nitrogen functional groups attached to an aromatic ring is 1. The standard InChI is InChI=1S/C14H23N5O/c1-18(2)10-4-3-7-19(8-10)14(20)13-11(15)12(16-17-13)9-5-6-9/h9-10H,3-8,15H2,1-2H3,(H,16,17). The number of anilines is 1. The van der Waals surface area contributed by atoms with Gasteiger partial charge in [-0.2, -0.15) is 5.10 Å². The molecule has 1 aromatic heterocycles. The van der Waals surface area contributed by atoms with Crippen molar-refractivity contribution in [2.75, 3.05) is 32.9 Å². The van der Waals surface area contributed by atoms with E-state index in [1.807, 2.05) is 4.90 Å². The summed E-state index contributed by atoms with van der Waals surface area (Å²) in [5.41, 5.74) is 8.02. The number of carbonyl (C=O) groups excluding carboxylic acids is 1. The smallest absolute Gasteiger partial charge is 0.276 e. The van der Waals surface area contributed by atoms with Gasteiger partial charge in [0.15, 0.2) is 5.69 Å². The van der Waals surface area contributed by atoms with Crippen LogP contribution >= 0.6 is 0 Å². The second-order valence-electron chi connectivity index (χ2n) is 6.18. The van der Waals surface area contributed by atoms with Crippen molar-refractivity contribution >= 4 is 11.6 Å². The molecular weight excluding hydrogens is 254 g/mol. The van der Waals surface area contributed by atoms with Gasteiger partial charge in [0.1, 0.15) is 0 Å². The number of nitrogens with two attached hydrogens (primary N) is 1. The van der Waals surface area contributed by atoms with E-state index in [1.165, 1.54) is 0 Å². The zero-order valence-corrected chi connectivity index (χ0v) is 12.2. The van der Waals surface area contributed by atoms with Gasteiger partial charge in [0.2, 0.25) is 0 Å². The van der Waals surface area contributed by atoms with E-state index in [1.54, 1.807) is 0 Å². The van der Waals surface area contributed by atoms with Gasteiger partial charge in [-0.05, 0) is 39.8 Å². The summed E-state index contributed by atoms with van der Waals surface area (Å²) < 4.78 is 0. The molecule has 1 saturated heterocycles. The predicted molar refractivity (Wildman–Crippen MR) is 77.6 cm³/mol. The van der Waals surface area contributed by atoms with Crippen LogP contribution in [0.15, 0.2) is 0 Å². The Kier molecular flexibility index (Phi) is 3.41. The minimum absolute atomic E-state index is 0.0304. The SMILES string of the molecule is CN(C)C1CCCN(C(=O)c2n[nH]c(C3CC3)c2N)C1. The normalized spacial score (nSPS) is 23.4. The van der Waals surface area contributed by atoms with Crippen LogP contribution in [0.2, 0.25) is 0 Å². The van der Waals surface area contributed by atoms with E-state index in [9.17, 15) is 4.79 Å². The number of piperidine rings is 1. The minimum Gasteiger partial charge on any atom is -0.395 e. The number of amides is 1. The first-order valence-electron chi connectivity index (χ1n) is 7.37. The van der Waals surface area contributed by atoms with Crippen LogP contribution in [-0.2, 0) is 0 Å². The van der Waals surface area contributed by atoms with Gasteiger partial charge in [-0.3, -0.25) is 9.89 Å². The molecule has 1 atom stereocenters. The van der Waals surface area contributed by atoms with Crippen LogP contribution in [0.5, 0.6) is 0 Å². The van der Waals surface area contributed by atoms with E-state index in [0.717, 1.165) is 44.5 Å². The zero-order valence-electron chi connectivity index (χ0n) is 12.2. The largest absolute Gasteiger partial charge is 0.395 e. The van der Waals surface area contributed by atoms with Gasteiger partial charge in [0, 0.05) is 25.0 Å². The molecule has 1 aromatic rings. The van der Waals surface area contributed by atoms with E-state index in [0.29, 0.717) is 23.3 Å². The lowest BCUT2D eigenvalue weighted by Gasteiger charge is -2.35. The Morgan fingerprint density at radius 2 is 2.15 bits per heavy atom. The average Bonchev–Trinajstić information content (AvgIpc) is 3.21. The summed E-state index contributed by atoms with van der Waals surface area (Å²) in [4.78, 5) is 16.7. The fourth-order valence-electron chi connectivity index (χ4n) is 2.92. The lowest BCUT2D eigenvalue weighted by Crippen LogP contribution is -2.47. The number of aromatic amines is 1. The number of hydrogen-bond donors (Lipinski definition) is 2. The Balaban J connectivity index is 1.75. The maximum atomic E-state index is 12.6. The van der Waals surface area contributed by atoms with Crippen LogP contribution in [0.1, 0.15) is 47.8 Å². The molecular formula is C14H23N5O. The van der Waals surface area contributed by atoms with Crippen LogP contribution in [0.3, 0.4) is 0 Å². The molecule has 3 rings (SSSR count). The summed E-state index contributed by atoms with van der Waals surface area (Å²) >= 11 is 0. The van der Waals surface area contributed by atoms with E-state index in [4.69, 9.17) is 5.73 Å². The molecule has 1 unspecified atom stereocenters. The van der Waals surface area contributed by atoms with Crippen LogP contribution in [-0.4, -0.2) is 59.1 Å². The number of nitrogens with one attached hydrogen (secondary N) is 1. The Morgan fingerprint density at radius 3 is 2.80 bits per heavy atom. The molecule has 0 bridgehead atoms. The highest BCUT2D eigenvalue weighted by Gasteiger charge is 2.33. The number of H-pyrrole nitrogens is 1. The van der Waals surface area contributed by atoms with E-state index < -0.39 is 0 Å². The number of aromatic nitrogens is 2. The van der Waals surface area contributed by atoms with E-state index in [-0.39, 0.29) is 5.91 Å². The summed E-state index contributed by atoms with van der Waals surface area (Å²) in [6, 6.07) is 0.427. The van der Waals surface area contributed by atoms with Gasteiger partial charge < -0.3 is 15.5 Å². The summed E-state index contributed by atoms with van der Waals surface area (Å²) in [6.07, 6.45) is 4.47. The number of nitrogens with zero attached hydrogens (tertiary/aromatic N) is 3. The summed E-state index contributed by atoms with van der Waals surface area (Å²) in [7, 11) is 4.12. The molecule has 0 spiro atoms. The van der Waals surface area contributed by atoms with Gasteiger partial charge in [0.05, 0.1) is 11.4 Å². The van der Waals surface area contributed by atoms with Gasteiger partial charge in [0.25, 0.3) is 5.91 Å². The molecule has 2 fully saturated rings. The predicted octanol–water partition coefficient (Wildman–Crippen LogP) is 1.04. The van der Waals surface area contributed by atoms with E-state index in [2.05, 4.69) is 29.2 Å². The maximum absolute atomic E-state index is 12.6. The van der Waals surface area contributed by atoms with Crippen molar-refractivity contribution in [3.8, 4) is 0 Å². The Morgan fingerprint density at radius 1 is 1.40 bits per heavy atom. The van der Waals surface area contributed by atoms with Gasteiger partial charge in [-0.1, -0.05) is 0 Å².